The van der Waals surface area contributed by atoms with Crippen molar-refractivity contribution in [3.05, 3.63) is 0 Å². The monoisotopic (exact) mass is 236 g/mol. The highest BCUT2D eigenvalue weighted by molar-refractivity contribution is 5.69. The molecule has 0 spiro atoms. The van der Waals surface area contributed by atoms with Gasteiger partial charge in [0, 0.05) is 14.2 Å². The highest BCUT2D eigenvalue weighted by atomic mass is 16.5. The van der Waals surface area contributed by atoms with Gasteiger partial charge in [-0.15, -0.1) is 0 Å². The molecule has 0 aromatic rings. The quantitative estimate of drug-likeness (QED) is 0.621. The highest BCUT2D eigenvalue weighted by Crippen LogP contribution is 1.82. The van der Waals surface area contributed by atoms with Crippen molar-refractivity contribution in [2.75, 3.05) is 41.7 Å². The molecule has 0 aliphatic heterocycles. The van der Waals surface area contributed by atoms with E-state index in [0.29, 0.717) is 26.1 Å². The number of esters is 2. The lowest BCUT2D eigenvalue weighted by Gasteiger charge is -1.94. The predicted molar refractivity (Wildman–Crippen MR) is 57.0 cm³/mol. The van der Waals surface area contributed by atoms with Crippen LogP contribution in [0.3, 0.4) is 0 Å². The van der Waals surface area contributed by atoms with E-state index in [0.717, 1.165) is 0 Å². The Morgan fingerprint density at radius 2 is 1.06 bits per heavy atom. The molecule has 6 nitrogen and oxygen atoms in total. The molecule has 6 heteroatoms. The molecule has 96 valence electrons. The lowest BCUT2D eigenvalue weighted by molar-refractivity contribution is -0.142. The van der Waals surface area contributed by atoms with Gasteiger partial charge in [0.25, 0.3) is 0 Å². The predicted octanol–water partition coefficient (Wildman–Crippen LogP) is 0.392. The van der Waals surface area contributed by atoms with Gasteiger partial charge in [-0.25, -0.2) is 0 Å². The van der Waals surface area contributed by atoms with Gasteiger partial charge in [-0.05, 0) is 0 Å². The molecule has 0 saturated heterocycles. The standard InChI is InChI=1S/2C5H10O3/c2*1-7-4-3-5(6)8-2/h2*3-4H2,1-2H3. The van der Waals surface area contributed by atoms with Crippen molar-refractivity contribution in [2.24, 2.45) is 0 Å². The van der Waals surface area contributed by atoms with E-state index >= 15 is 0 Å². The van der Waals surface area contributed by atoms with Crippen LogP contribution in [-0.2, 0) is 28.5 Å². The summed E-state index contributed by atoms with van der Waals surface area (Å²) in [5.41, 5.74) is 0. The van der Waals surface area contributed by atoms with Crippen LogP contribution in [0.1, 0.15) is 12.8 Å². The molecule has 0 unspecified atom stereocenters. The molecule has 0 heterocycles. The molecule has 0 amide bonds. The Kier molecular flexibility index (Phi) is 15.0. The third kappa shape index (κ3) is 15.3. The van der Waals surface area contributed by atoms with Crippen LogP contribution in [-0.4, -0.2) is 53.6 Å². The molecule has 0 rings (SSSR count). The summed E-state index contributed by atoms with van der Waals surface area (Å²) >= 11 is 0. The van der Waals surface area contributed by atoms with E-state index in [1.807, 2.05) is 0 Å². The Bertz CT molecular complexity index is 160. The van der Waals surface area contributed by atoms with Gasteiger partial charge in [0.05, 0.1) is 40.3 Å². The van der Waals surface area contributed by atoms with Crippen LogP contribution >= 0.6 is 0 Å². The Labute approximate surface area is 95.8 Å². The van der Waals surface area contributed by atoms with Gasteiger partial charge in [-0.2, -0.15) is 0 Å². The molecule has 0 radical (unpaired) electrons. The van der Waals surface area contributed by atoms with Gasteiger partial charge in [0.15, 0.2) is 0 Å². The summed E-state index contributed by atoms with van der Waals surface area (Å²) in [6.45, 7) is 0.874. The van der Waals surface area contributed by atoms with Crippen LogP contribution in [0.2, 0.25) is 0 Å². The number of methoxy groups -OCH3 is 4. The molecule has 0 aliphatic rings. The van der Waals surface area contributed by atoms with Gasteiger partial charge in [0.2, 0.25) is 0 Å². The zero-order valence-corrected chi connectivity index (χ0v) is 10.3. The molecule has 0 atom stereocenters. The van der Waals surface area contributed by atoms with E-state index in [2.05, 4.69) is 18.9 Å². The van der Waals surface area contributed by atoms with Crippen molar-refractivity contribution in [1.29, 1.82) is 0 Å². The lowest BCUT2D eigenvalue weighted by Crippen LogP contribution is -2.03. The van der Waals surface area contributed by atoms with Crippen molar-refractivity contribution in [3.8, 4) is 0 Å². The average molecular weight is 236 g/mol. The second kappa shape index (κ2) is 13.9. The summed E-state index contributed by atoms with van der Waals surface area (Å²) in [6, 6.07) is 0. The fourth-order valence-electron chi connectivity index (χ4n) is 0.575. The Balaban J connectivity index is 0. The minimum atomic E-state index is -0.230. The first-order valence-electron chi connectivity index (χ1n) is 4.73. The molecule has 0 N–H and O–H groups in total. The summed E-state index contributed by atoms with van der Waals surface area (Å²) in [6.07, 6.45) is 0.681. The molecule has 0 aromatic heterocycles. The minimum Gasteiger partial charge on any atom is -0.469 e. The van der Waals surface area contributed by atoms with Crippen molar-refractivity contribution in [1.82, 2.24) is 0 Å². The molecule has 0 saturated carbocycles. The van der Waals surface area contributed by atoms with Crippen LogP contribution in [0.25, 0.3) is 0 Å². The molecular weight excluding hydrogens is 216 g/mol. The van der Waals surface area contributed by atoms with Crippen LogP contribution < -0.4 is 0 Å². The molecule has 0 bridgehead atoms. The number of ether oxygens (including phenoxy) is 4. The van der Waals surface area contributed by atoms with Gasteiger partial charge in [0.1, 0.15) is 0 Å². The molecule has 0 aromatic carbocycles. The maximum atomic E-state index is 10.3. The SMILES string of the molecule is COCCC(=O)OC.COCCC(=O)OC. The van der Waals surface area contributed by atoms with Crippen LogP contribution in [0, 0.1) is 0 Å². The molecule has 0 fully saturated rings. The average Bonchev–Trinajstić information content (AvgIpc) is 2.33. The molecule has 0 aliphatic carbocycles. The van der Waals surface area contributed by atoms with E-state index in [-0.39, 0.29) is 11.9 Å². The topological polar surface area (TPSA) is 71.1 Å². The Morgan fingerprint density at radius 1 is 0.750 bits per heavy atom. The maximum Gasteiger partial charge on any atom is 0.307 e. The van der Waals surface area contributed by atoms with Gasteiger partial charge in [-0.1, -0.05) is 0 Å². The first kappa shape index (κ1) is 17.3. The third-order valence-electron chi connectivity index (χ3n) is 1.48. The highest BCUT2D eigenvalue weighted by Gasteiger charge is 1.96. The maximum absolute atomic E-state index is 10.3. The van der Waals surface area contributed by atoms with Crippen molar-refractivity contribution in [2.45, 2.75) is 12.8 Å². The van der Waals surface area contributed by atoms with Gasteiger partial charge >= 0.3 is 11.9 Å². The van der Waals surface area contributed by atoms with Crippen LogP contribution in [0.4, 0.5) is 0 Å². The van der Waals surface area contributed by atoms with E-state index in [1.54, 1.807) is 14.2 Å². The second-order valence-corrected chi connectivity index (χ2v) is 2.64. The van der Waals surface area contributed by atoms with E-state index < -0.39 is 0 Å². The van der Waals surface area contributed by atoms with E-state index in [1.165, 1.54) is 14.2 Å². The largest absolute Gasteiger partial charge is 0.469 e. The fourth-order valence-corrected chi connectivity index (χ4v) is 0.575. The summed E-state index contributed by atoms with van der Waals surface area (Å²) in [5.74, 6) is -0.460. The van der Waals surface area contributed by atoms with E-state index in [9.17, 15) is 9.59 Å². The van der Waals surface area contributed by atoms with Crippen LogP contribution in [0.15, 0.2) is 0 Å². The normalized spacial score (nSPS) is 8.75. The zero-order valence-electron chi connectivity index (χ0n) is 10.3. The molecule has 16 heavy (non-hydrogen) atoms. The van der Waals surface area contributed by atoms with Crippen molar-refractivity contribution >= 4 is 11.9 Å². The molecular formula is C10H20O6. The van der Waals surface area contributed by atoms with Gasteiger partial charge < -0.3 is 18.9 Å². The zero-order chi connectivity index (χ0) is 12.8. The van der Waals surface area contributed by atoms with E-state index in [4.69, 9.17) is 0 Å². The smallest absolute Gasteiger partial charge is 0.307 e. The number of rotatable bonds is 6. The van der Waals surface area contributed by atoms with Crippen molar-refractivity contribution < 1.29 is 28.5 Å². The van der Waals surface area contributed by atoms with Gasteiger partial charge in [-0.3, -0.25) is 9.59 Å². The first-order chi connectivity index (χ1) is 7.62. The lowest BCUT2D eigenvalue weighted by atomic mass is 10.5. The summed E-state index contributed by atoms with van der Waals surface area (Å²) in [4.78, 5) is 20.5. The Morgan fingerprint density at radius 3 is 1.25 bits per heavy atom. The summed E-state index contributed by atoms with van der Waals surface area (Å²) in [7, 11) is 5.81. The number of carbonyl (C=O) groups excluding carboxylic acids is 2. The Hall–Kier alpha value is -1.14. The second-order valence-electron chi connectivity index (χ2n) is 2.64. The number of carbonyl (C=O) groups is 2. The summed E-state index contributed by atoms with van der Waals surface area (Å²) in [5, 5.41) is 0. The number of hydrogen-bond acceptors (Lipinski definition) is 6. The fraction of sp³-hybridized carbons (Fsp3) is 0.800. The number of hydrogen-bond donors (Lipinski definition) is 0. The third-order valence-corrected chi connectivity index (χ3v) is 1.48. The minimum absolute atomic E-state index is 0.230. The summed E-state index contributed by atoms with van der Waals surface area (Å²) < 4.78 is 17.9. The first-order valence-corrected chi connectivity index (χ1v) is 4.73. The van der Waals surface area contributed by atoms with Crippen molar-refractivity contribution in [3.63, 3.8) is 0 Å². The van der Waals surface area contributed by atoms with Crippen LogP contribution in [0.5, 0.6) is 0 Å².